The maximum absolute atomic E-state index is 5.79. The van der Waals surface area contributed by atoms with Gasteiger partial charge in [0.25, 0.3) is 0 Å². The minimum Gasteiger partial charge on any atom is -0.493 e. The highest BCUT2D eigenvalue weighted by atomic mass is 16.5. The Hall–Kier alpha value is -1.02. The van der Waals surface area contributed by atoms with Gasteiger partial charge in [-0.05, 0) is 57.4 Å². The summed E-state index contributed by atoms with van der Waals surface area (Å²) in [5.41, 5.74) is 2.47. The molecule has 0 radical (unpaired) electrons. The molecule has 1 aromatic carbocycles. The minimum absolute atomic E-state index is 0.607. The van der Waals surface area contributed by atoms with E-state index in [-0.39, 0.29) is 0 Å². The summed E-state index contributed by atoms with van der Waals surface area (Å²) < 4.78 is 5.79. The number of hydrogen-bond acceptors (Lipinski definition) is 2. The Morgan fingerprint density at radius 3 is 2.76 bits per heavy atom. The van der Waals surface area contributed by atoms with Crippen LogP contribution in [0.25, 0.3) is 0 Å². The van der Waals surface area contributed by atoms with Crippen molar-refractivity contribution in [3.05, 3.63) is 29.3 Å². The van der Waals surface area contributed by atoms with Crippen LogP contribution in [-0.4, -0.2) is 19.2 Å². The van der Waals surface area contributed by atoms with Crippen molar-refractivity contribution in [1.82, 2.24) is 5.32 Å². The number of rotatable bonds is 7. The van der Waals surface area contributed by atoms with Crippen molar-refractivity contribution in [3.8, 4) is 5.75 Å². The van der Waals surface area contributed by atoms with Crippen molar-refractivity contribution in [2.24, 2.45) is 0 Å². The van der Waals surface area contributed by atoms with Gasteiger partial charge in [-0.2, -0.15) is 0 Å². The molecular formula is C15H25NO. The average Bonchev–Trinajstić information content (AvgIpc) is 2.32. The second-order valence-corrected chi connectivity index (χ2v) is 4.73. The third kappa shape index (κ3) is 5.22. The highest BCUT2D eigenvalue weighted by molar-refractivity contribution is 5.35. The first-order chi connectivity index (χ1) is 8.13. The summed E-state index contributed by atoms with van der Waals surface area (Å²) in [6.45, 7) is 10.4. The lowest BCUT2D eigenvalue weighted by Gasteiger charge is -2.12. The van der Waals surface area contributed by atoms with Gasteiger partial charge in [0, 0.05) is 6.04 Å². The molecule has 0 aliphatic rings. The molecule has 1 N–H and O–H groups in total. The maximum Gasteiger partial charge on any atom is 0.122 e. The molecule has 2 nitrogen and oxygen atoms in total. The highest BCUT2D eigenvalue weighted by Crippen LogP contribution is 2.18. The number of hydrogen-bond donors (Lipinski definition) is 1. The zero-order valence-corrected chi connectivity index (χ0v) is 11.5. The van der Waals surface area contributed by atoms with Gasteiger partial charge in [0.1, 0.15) is 5.75 Å². The largest absolute Gasteiger partial charge is 0.493 e. The first-order valence-corrected chi connectivity index (χ1v) is 6.57. The Kier molecular flexibility index (Phi) is 6.06. The van der Waals surface area contributed by atoms with E-state index in [0.29, 0.717) is 6.04 Å². The van der Waals surface area contributed by atoms with E-state index in [1.165, 1.54) is 17.5 Å². The molecule has 96 valence electrons. The zero-order valence-electron chi connectivity index (χ0n) is 11.5. The summed E-state index contributed by atoms with van der Waals surface area (Å²) in [6.07, 6.45) is 2.23. The predicted molar refractivity (Wildman–Crippen MR) is 73.8 cm³/mol. The predicted octanol–water partition coefficient (Wildman–Crippen LogP) is 3.46. The van der Waals surface area contributed by atoms with Crippen LogP contribution in [0.3, 0.4) is 0 Å². The third-order valence-electron chi connectivity index (χ3n) is 3.03. The summed E-state index contributed by atoms with van der Waals surface area (Å²) in [5, 5.41) is 3.46. The summed E-state index contributed by atoms with van der Waals surface area (Å²) >= 11 is 0. The topological polar surface area (TPSA) is 21.3 Å². The molecule has 0 heterocycles. The SMILES string of the molecule is CC[C@@H](C)NCCCOc1cc(C)ccc1C. The number of benzene rings is 1. The molecule has 17 heavy (non-hydrogen) atoms. The van der Waals surface area contributed by atoms with Gasteiger partial charge in [-0.1, -0.05) is 19.1 Å². The van der Waals surface area contributed by atoms with Gasteiger partial charge in [0.2, 0.25) is 0 Å². The fourth-order valence-corrected chi connectivity index (χ4v) is 1.61. The molecule has 0 unspecified atom stereocenters. The standard InChI is InChI=1S/C15H25NO/c1-5-14(4)16-9-6-10-17-15-11-12(2)7-8-13(15)3/h7-8,11,14,16H,5-6,9-10H2,1-4H3/t14-/m1/s1. The van der Waals surface area contributed by atoms with E-state index in [1.807, 2.05) is 0 Å². The summed E-state index contributed by atoms with van der Waals surface area (Å²) in [5.74, 6) is 1.02. The van der Waals surface area contributed by atoms with Crippen LogP contribution in [0.2, 0.25) is 0 Å². The summed E-state index contributed by atoms with van der Waals surface area (Å²) in [6, 6.07) is 6.95. The summed E-state index contributed by atoms with van der Waals surface area (Å²) in [7, 11) is 0. The van der Waals surface area contributed by atoms with Crippen molar-refractivity contribution in [2.75, 3.05) is 13.2 Å². The van der Waals surface area contributed by atoms with E-state index in [0.717, 1.165) is 25.3 Å². The Bertz CT molecular complexity index is 336. The van der Waals surface area contributed by atoms with Crippen molar-refractivity contribution < 1.29 is 4.74 Å². The third-order valence-corrected chi connectivity index (χ3v) is 3.03. The lowest BCUT2D eigenvalue weighted by Crippen LogP contribution is -2.27. The van der Waals surface area contributed by atoms with Gasteiger partial charge in [0.15, 0.2) is 0 Å². The molecule has 1 atom stereocenters. The molecule has 0 aliphatic carbocycles. The van der Waals surface area contributed by atoms with Gasteiger partial charge < -0.3 is 10.1 Å². The van der Waals surface area contributed by atoms with Crippen LogP contribution in [0.5, 0.6) is 5.75 Å². The Morgan fingerprint density at radius 1 is 1.29 bits per heavy atom. The van der Waals surface area contributed by atoms with Crippen molar-refractivity contribution in [1.29, 1.82) is 0 Å². The molecule has 0 spiro atoms. The molecule has 0 saturated heterocycles. The molecule has 0 fully saturated rings. The van der Waals surface area contributed by atoms with E-state index in [9.17, 15) is 0 Å². The van der Waals surface area contributed by atoms with Crippen LogP contribution >= 0.6 is 0 Å². The van der Waals surface area contributed by atoms with E-state index in [1.54, 1.807) is 0 Å². The number of nitrogens with one attached hydrogen (secondary N) is 1. The summed E-state index contributed by atoms with van der Waals surface area (Å²) in [4.78, 5) is 0. The quantitative estimate of drug-likeness (QED) is 0.731. The lowest BCUT2D eigenvalue weighted by molar-refractivity contribution is 0.303. The van der Waals surface area contributed by atoms with Crippen molar-refractivity contribution in [3.63, 3.8) is 0 Å². The first kappa shape index (κ1) is 14.0. The fraction of sp³-hybridized carbons (Fsp3) is 0.600. The van der Waals surface area contributed by atoms with E-state index >= 15 is 0 Å². The monoisotopic (exact) mass is 235 g/mol. The van der Waals surface area contributed by atoms with Crippen LogP contribution in [0.15, 0.2) is 18.2 Å². The van der Waals surface area contributed by atoms with Gasteiger partial charge >= 0.3 is 0 Å². The molecule has 0 aromatic heterocycles. The van der Waals surface area contributed by atoms with Crippen LogP contribution in [0.1, 0.15) is 37.8 Å². The van der Waals surface area contributed by atoms with Gasteiger partial charge in [0.05, 0.1) is 6.61 Å². The number of ether oxygens (including phenoxy) is 1. The molecular weight excluding hydrogens is 210 g/mol. The molecule has 0 bridgehead atoms. The van der Waals surface area contributed by atoms with Crippen molar-refractivity contribution >= 4 is 0 Å². The van der Waals surface area contributed by atoms with E-state index < -0.39 is 0 Å². The Morgan fingerprint density at radius 2 is 2.06 bits per heavy atom. The molecule has 0 saturated carbocycles. The van der Waals surface area contributed by atoms with E-state index in [2.05, 4.69) is 51.2 Å². The molecule has 2 heteroatoms. The minimum atomic E-state index is 0.607. The fourth-order valence-electron chi connectivity index (χ4n) is 1.61. The zero-order chi connectivity index (χ0) is 12.7. The van der Waals surface area contributed by atoms with Gasteiger partial charge in [-0.3, -0.25) is 0 Å². The molecule has 0 amide bonds. The average molecular weight is 235 g/mol. The second kappa shape index (κ2) is 7.33. The maximum atomic E-state index is 5.79. The van der Waals surface area contributed by atoms with Gasteiger partial charge in [-0.15, -0.1) is 0 Å². The van der Waals surface area contributed by atoms with Crippen LogP contribution in [0, 0.1) is 13.8 Å². The first-order valence-electron chi connectivity index (χ1n) is 6.57. The molecule has 1 rings (SSSR count). The van der Waals surface area contributed by atoms with Crippen LogP contribution < -0.4 is 10.1 Å². The molecule has 1 aromatic rings. The van der Waals surface area contributed by atoms with Crippen LogP contribution in [-0.2, 0) is 0 Å². The van der Waals surface area contributed by atoms with E-state index in [4.69, 9.17) is 4.74 Å². The lowest BCUT2D eigenvalue weighted by atomic mass is 10.1. The molecule has 0 aliphatic heterocycles. The van der Waals surface area contributed by atoms with Crippen molar-refractivity contribution in [2.45, 2.75) is 46.6 Å². The highest BCUT2D eigenvalue weighted by Gasteiger charge is 2.00. The Labute approximate surface area is 105 Å². The smallest absolute Gasteiger partial charge is 0.122 e. The normalized spacial score (nSPS) is 12.5. The Balaban J connectivity index is 2.24. The number of aryl methyl sites for hydroxylation is 2. The second-order valence-electron chi connectivity index (χ2n) is 4.73. The van der Waals surface area contributed by atoms with Crippen LogP contribution in [0.4, 0.5) is 0 Å². The van der Waals surface area contributed by atoms with Gasteiger partial charge in [-0.25, -0.2) is 0 Å².